The zero-order valence-electron chi connectivity index (χ0n) is 16.1. The molecule has 4 rings (SSSR count). The van der Waals surface area contributed by atoms with Crippen LogP contribution in [0, 0.1) is 6.92 Å². The van der Waals surface area contributed by atoms with Crippen LogP contribution in [0.15, 0.2) is 66.4 Å². The Morgan fingerprint density at radius 1 is 0.926 bits per heavy atom. The molecule has 2 heteroatoms. The van der Waals surface area contributed by atoms with Gasteiger partial charge in [-0.3, -0.25) is 4.79 Å². The largest absolute Gasteiger partial charge is 0.374 e. The predicted octanol–water partition coefficient (Wildman–Crippen LogP) is 5.58. The van der Waals surface area contributed by atoms with Crippen LogP contribution in [0.3, 0.4) is 0 Å². The molecule has 1 saturated heterocycles. The number of carbonyl (C=O) groups excluding carboxylic acids is 1. The number of allylic oxidation sites excluding steroid dienone is 4. The SMILES string of the molecule is Cc1ccc(C(=O)C=CC2=C(N3CCCCCC3)Cc3ccccc32)cc1. The van der Waals surface area contributed by atoms with Crippen LogP contribution < -0.4 is 0 Å². The lowest BCUT2D eigenvalue weighted by Gasteiger charge is -2.25. The summed E-state index contributed by atoms with van der Waals surface area (Å²) in [5.74, 6) is 0.0714. The van der Waals surface area contributed by atoms with Crippen molar-refractivity contribution >= 4 is 11.4 Å². The number of likely N-dealkylation sites (tertiary alicyclic amines) is 1. The number of benzene rings is 2. The van der Waals surface area contributed by atoms with Crippen molar-refractivity contribution in [2.75, 3.05) is 13.1 Å². The van der Waals surface area contributed by atoms with Gasteiger partial charge < -0.3 is 4.90 Å². The highest BCUT2D eigenvalue weighted by Gasteiger charge is 2.24. The van der Waals surface area contributed by atoms with E-state index in [0.717, 1.165) is 25.1 Å². The van der Waals surface area contributed by atoms with Crippen molar-refractivity contribution in [3.8, 4) is 0 Å². The van der Waals surface area contributed by atoms with E-state index < -0.39 is 0 Å². The lowest BCUT2D eigenvalue weighted by atomic mass is 10.0. The number of nitrogens with zero attached hydrogens (tertiary/aromatic N) is 1. The van der Waals surface area contributed by atoms with Crippen molar-refractivity contribution in [3.05, 3.63) is 88.6 Å². The quantitative estimate of drug-likeness (QED) is 0.526. The van der Waals surface area contributed by atoms with Crippen molar-refractivity contribution in [2.45, 2.75) is 39.0 Å². The van der Waals surface area contributed by atoms with Gasteiger partial charge in [0.25, 0.3) is 0 Å². The predicted molar refractivity (Wildman–Crippen MR) is 112 cm³/mol. The van der Waals surface area contributed by atoms with Crippen molar-refractivity contribution in [3.63, 3.8) is 0 Å². The molecule has 1 aliphatic carbocycles. The topological polar surface area (TPSA) is 20.3 Å². The zero-order chi connectivity index (χ0) is 18.6. The summed E-state index contributed by atoms with van der Waals surface area (Å²) in [7, 11) is 0. The molecule has 0 saturated carbocycles. The number of aryl methyl sites for hydroxylation is 1. The molecule has 0 unspecified atom stereocenters. The molecule has 27 heavy (non-hydrogen) atoms. The molecule has 2 nitrogen and oxygen atoms in total. The third kappa shape index (κ3) is 3.90. The Balaban J connectivity index is 1.65. The molecule has 0 N–H and O–H groups in total. The number of carbonyl (C=O) groups is 1. The first-order valence-electron chi connectivity index (χ1n) is 10.1. The third-order valence-electron chi connectivity index (χ3n) is 5.70. The molecule has 0 amide bonds. The van der Waals surface area contributed by atoms with E-state index in [4.69, 9.17) is 0 Å². The summed E-state index contributed by atoms with van der Waals surface area (Å²) < 4.78 is 0. The number of hydrogen-bond acceptors (Lipinski definition) is 2. The third-order valence-corrected chi connectivity index (χ3v) is 5.70. The van der Waals surface area contributed by atoms with Crippen LogP contribution in [0.25, 0.3) is 5.57 Å². The Kier molecular flexibility index (Phi) is 5.24. The molecule has 0 atom stereocenters. The molecule has 2 aromatic rings. The van der Waals surface area contributed by atoms with Gasteiger partial charge in [-0.2, -0.15) is 0 Å². The summed E-state index contributed by atoms with van der Waals surface area (Å²) in [6.07, 6.45) is 9.96. The minimum absolute atomic E-state index is 0.0714. The Bertz CT molecular complexity index is 881. The van der Waals surface area contributed by atoms with Crippen molar-refractivity contribution in [2.24, 2.45) is 0 Å². The van der Waals surface area contributed by atoms with Crippen LogP contribution in [0.4, 0.5) is 0 Å². The van der Waals surface area contributed by atoms with Crippen molar-refractivity contribution in [1.82, 2.24) is 4.90 Å². The average Bonchev–Trinajstić information content (AvgIpc) is 2.86. The molecule has 1 fully saturated rings. The van der Waals surface area contributed by atoms with E-state index in [-0.39, 0.29) is 5.78 Å². The fraction of sp³-hybridized carbons (Fsp3) is 0.320. The highest BCUT2D eigenvalue weighted by Crippen LogP contribution is 2.36. The van der Waals surface area contributed by atoms with Crippen LogP contribution >= 0.6 is 0 Å². The summed E-state index contributed by atoms with van der Waals surface area (Å²) in [5.41, 5.74) is 7.20. The number of ketones is 1. The highest BCUT2D eigenvalue weighted by molar-refractivity contribution is 6.06. The molecular weight excluding hydrogens is 330 g/mol. The Hall–Kier alpha value is -2.61. The van der Waals surface area contributed by atoms with Gasteiger partial charge in [-0.1, -0.05) is 66.9 Å². The van der Waals surface area contributed by atoms with Gasteiger partial charge in [0.1, 0.15) is 0 Å². The standard InChI is InChI=1S/C25H27NO/c1-19-10-12-20(13-11-19)25(27)15-14-23-22-9-5-4-8-21(22)18-24(23)26-16-6-2-3-7-17-26/h4-5,8-15H,2-3,6-7,16-18H2,1H3. The average molecular weight is 357 g/mol. The van der Waals surface area contributed by atoms with Gasteiger partial charge in [0, 0.05) is 36.3 Å². The van der Waals surface area contributed by atoms with E-state index in [1.807, 2.05) is 37.3 Å². The summed E-state index contributed by atoms with van der Waals surface area (Å²) in [6, 6.07) is 16.4. The van der Waals surface area contributed by atoms with Gasteiger partial charge in [-0.25, -0.2) is 0 Å². The first-order valence-corrected chi connectivity index (χ1v) is 10.1. The van der Waals surface area contributed by atoms with Crippen LogP contribution in [0.2, 0.25) is 0 Å². The maximum absolute atomic E-state index is 12.6. The van der Waals surface area contributed by atoms with E-state index in [1.54, 1.807) is 6.08 Å². The van der Waals surface area contributed by atoms with E-state index in [0.29, 0.717) is 0 Å². The first kappa shape index (κ1) is 17.8. The summed E-state index contributed by atoms with van der Waals surface area (Å²) in [6.45, 7) is 4.30. The summed E-state index contributed by atoms with van der Waals surface area (Å²) in [4.78, 5) is 15.2. The maximum atomic E-state index is 12.6. The molecule has 2 aromatic carbocycles. The van der Waals surface area contributed by atoms with Crippen molar-refractivity contribution < 1.29 is 4.79 Å². The van der Waals surface area contributed by atoms with E-state index >= 15 is 0 Å². The minimum Gasteiger partial charge on any atom is -0.374 e. The Morgan fingerprint density at radius 3 is 2.37 bits per heavy atom. The molecule has 0 bridgehead atoms. The lowest BCUT2D eigenvalue weighted by molar-refractivity contribution is 0.104. The van der Waals surface area contributed by atoms with Crippen LogP contribution in [0.5, 0.6) is 0 Å². The molecule has 1 aliphatic heterocycles. The Morgan fingerprint density at radius 2 is 1.63 bits per heavy atom. The second kappa shape index (κ2) is 7.96. The number of fused-ring (bicyclic) bond motifs is 1. The van der Waals surface area contributed by atoms with Gasteiger partial charge in [0.05, 0.1) is 0 Å². The van der Waals surface area contributed by atoms with Gasteiger partial charge in [-0.05, 0) is 43.0 Å². The van der Waals surface area contributed by atoms with Crippen LogP contribution in [-0.2, 0) is 6.42 Å². The molecule has 2 aliphatic rings. The fourth-order valence-corrected chi connectivity index (χ4v) is 4.15. The molecule has 0 spiro atoms. The maximum Gasteiger partial charge on any atom is 0.185 e. The molecule has 1 heterocycles. The second-order valence-corrected chi connectivity index (χ2v) is 7.66. The number of rotatable bonds is 4. The van der Waals surface area contributed by atoms with E-state index in [2.05, 4.69) is 29.2 Å². The summed E-state index contributed by atoms with van der Waals surface area (Å²) >= 11 is 0. The van der Waals surface area contributed by atoms with Gasteiger partial charge in [-0.15, -0.1) is 0 Å². The van der Waals surface area contributed by atoms with E-state index in [9.17, 15) is 4.79 Å². The van der Waals surface area contributed by atoms with Crippen LogP contribution in [0.1, 0.15) is 52.7 Å². The zero-order valence-corrected chi connectivity index (χ0v) is 16.1. The molecule has 138 valence electrons. The fourth-order valence-electron chi connectivity index (χ4n) is 4.15. The van der Waals surface area contributed by atoms with Gasteiger partial charge in [0.2, 0.25) is 0 Å². The number of hydrogen-bond donors (Lipinski definition) is 0. The van der Waals surface area contributed by atoms with Crippen molar-refractivity contribution in [1.29, 1.82) is 0 Å². The lowest BCUT2D eigenvalue weighted by Crippen LogP contribution is -2.24. The van der Waals surface area contributed by atoms with E-state index in [1.165, 1.54) is 53.6 Å². The first-order chi connectivity index (χ1) is 13.2. The summed E-state index contributed by atoms with van der Waals surface area (Å²) in [5, 5.41) is 0. The van der Waals surface area contributed by atoms with Crippen LogP contribution in [-0.4, -0.2) is 23.8 Å². The molecule has 0 aromatic heterocycles. The molecule has 0 radical (unpaired) electrons. The molecular formula is C25H27NO. The second-order valence-electron chi connectivity index (χ2n) is 7.66. The van der Waals surface area contributed by atoms with Gasteiger partial charge in [0.15, 0.2) is 5.78 Å². The Labute approximate surface area is 162 Å². The smallest absolute Gasteiger partial charge is 0.185 e. The minimum atomic E-state index is 0.0714. The monoisotopic (exact) mass is 357 g/mol. The normalized spacial score (nSPS) is 17.3. The van der Waals surface area contributed by atoms with Gasteiger partial charge >= 0.3 is 0 Å². The highest BCUT2D eigenvalue weighted by atomic mass is 16.1.